The lowest BCUT2D eigenvalue weighted by molar-refractivity contribution is -0.143. The fourth-order valence-electron chi connectivity index (χ4n) is 5.47. The highest BCUT2D eigenvalue weighted by atomic mass is 19.4. The predicted octanol–water partition coefficient (Wildman–Crippen LogP) is 6.12. The fourth-order valence-corrected chi connectivity index (χ4v) is 5.47. The van der Waals surface area contributed by atoms with Crippen LogP contribution in [0, 0.1) is 0 Å². The van der Waals surface area contributed by atoms with Crippen molar-refractivity contribution in [3.05, 3.63) is 82.5 Å². The zero-order valence-corrected chi connectivity index (χ0v) is 23.9. The number of nitrogens with zero attached hydrogens (tertiary/aromatic N) is 4. The third-order valence-corrected chi connectivity index (χ3v) is 7.53. The average molecular weight is 594 g/mol. The maximum atomic E-state index is 13.1. The Hall–Kier alpha value is -4.61. The second-order valence-corrected chi connectivity index (χ2v) is 11.8. The number of aromatic nitrogens is 4. The Morgan fingerprint density at radius 3 is 2.35 bits per heavy atom. The summed E-state index contributed by atoms with van der Waals surface area (Å²) in [7, 11) is 0. The van der Waals surface area contributed by atoms with E-state index >= 15 is 0 Å². The van der Waals surface area contributed by atoms with Crippen molar-refractivity contribution in [3.8, 4) is 34.0 Å². The molecule has 2 aromatic carbocycles. The summed E-state index contributed by atoms with van der Waals surface area (Å²) in [6, 6.07) is 18.8. The lowest BCUT2D eigenvalue weighted by Crippen LogP contribution is -2.52. The zero-order valence-electron chi connectivity index (χ0n) is 23.9. The highest BCUT2D eigenvalue weighted by Gasteiger charge is 2.41. The summed E-state index contributed by atoms with van der Waals surface area (Å²) in [5.74, 6) is 0.171. The van der Waals surface area contributed by atoms with Crippen molar-refractivity contribution in [3.63, 3.8) is 0 Å². The smallest absolute Gasteiger partial charge is 0.408 e. The molecule has 4 aromatic rings. The first-order valence-electron chi connectivity index (χ1n) is 13.9. The number of ether oxygens (including phenoxy) is 2. The second kappa shape index (κ2) is 10.3. The first-order valence-corrected chi connectivity index (χ1v) is 13.9. The number of alkyl halides is 3. The lowest BCUT2D eigenvalue weighted by atomic mass is 9.71. The van der Waals surface area contributed by atoms with E-state index in [1.54, 1.807) is 6.07 Å². The van der Waals surface area contributed by atoms with Crippen molar-refractivity contribution in [2.24, 2.45) is 0 Å². The summed E-state index contributed by atoms with van der Waals surface area (Å²) in [5.41, 5.74) is 1.87. The van der Waals surface area contributed by atoms with Crippen LogP contribution in [0.2, 0.25) is 0 Å². The van der Waals surface area contributed by atoms with Crippen molar-refractivity contribution in [1.29, 1.82) is 0 Å². The first-order chi connectivity index (χ1) is 20.3. The van der Waals surface area contributed by atoms with Crippen LogP contribution < -0.4 is 15.7 Å². The summed E-state index contributed by atoms with van der Waals surface area (Å²) >= 11 is 0. The summed E-state index contributed by atoms with van der Waals surface area (Å²) in [5, 5.41) is 6.92. The van der Waals surface area contributed by atoms with E-state index in [1.165, 1.54) is 0 Å². The minimum Gasteiger partial charge on any atom is -0.468 e. The number of rotatable bonds is 5. The molecule has 12 heteroatoms. The third-order valence-electron chi connectivity index (χ3n) is 7.53. The highest BCUT2D eigenvalue weighted by molar-refractivity contribution is 5.83. The largest absolute Gasteiger partial charge is 0.468 e. The molecule has 0 bridgehead atoms. The van der Waals surface area contributed by atoms with Gasteiger partial charge in [0.05, 0.1) is 11.2 Å². The number of carbonyl (C=O) groups is 1. The molecule has 43 heavy (non-hydrogen) atoms. The van der Waals surface area contributed by atoms with E-state index < -0.39 is 35.6 Å². The van der Waals surface area contributed by atoms with Gasteiger partial charge in [-0.05, 0) is 57.2 Å². The molecule has 2 aromatic heterocycles. The third kappa shape index (κ3) is 5.61. The van der Waals surface area contributed by atoms with E-state index in [0.29, 0.717) is 15.9 Å². The number of hydrogen-bond donors (Lipinski definition) is 1. The van der Waals surface area contributed by atoms with Crippen LogP contribution in [0.25, 0.3) is 28.1 Å². The molecule has 0 saturated heterocycles. The van der Waals surface area contributed by atoms with Gasteiger partial charge in [-0.2, -0.15) is 18.3 Å². The number of amides is 1. The first kappa shape index (κ1) is 28.5. The molecule has 0 radical (unpaired) electrons. The monoisotopic (exact) mass is 593 g/mol. The summed E-state index contributed by atoms with van der Waals surface area (Å²) in [6.07, 6.45) is -2.54. The molecule has 6 rings (SSSR count). The minimum atomic E-state index is -4.61. The van der Waals surface area contributed by atoms with Crippen molar-refractivity contribution in [1.82, 2.24) is 24.6 Å². The zero-order chi connectivity index (χ0) is 30.6. The predicted molar refractivity (Wildman–Crippen MR) is 152 cm³/mol. The number of carbonyl (C=O) groups excluding carboxylic acids is 1. The van der Waals surface area contributed by atoms with Crippen LogP contribution >= 0.6 is 0 Å². The fraction of sp³-hybridized carbons (Fsp3) is 0.355. The van der Waals surface area contributed by atoms with Crippen molar-refractivity contribution in [2.45, 2.75) is 70.5 Å². The number of pyridine rings is 1. The maximum absolute atomic E-state index is 13.1. The molecule has 1 aliphatic carbocycles. The van der Waals surface area contributed by atoms with Gasteiger partial charge in [-0.25, -0.2) is 23.8 Å². The molecule has 9 nitrogen and oxygen atoms in total. The molecule has 3 heterocycles. The van der Waals surface area contributed by atoms with Crippen LogP contribution in [0.1, 0.15) is 51.4 Å². The molecule has 1 N–H and O–H groups in total. The van der Waals surface area contributed by atoms with Crippen LogP contribution in [-0.4, -0.2) is 37.2 Å². The topological polar surface area (TPSA) is 100 Å². The van der Waals surface area contributed by atoms with Gasteiger partial charge in [0.1, 0.15) is 17.8 Å². The number of fused-ring (bicyclic) bond motifs is 3. The Morgan fingerprint density at radius 2 is 1.74 bits per heavy atom. The number of benzene rings is 2. The van der Waals surface area contributed by atoms with E-state index in [2.05, 4.69) is 10.4 Å². The van der Waals surface area contributed by atoms with Gasteiger partial charge in [-0.1, -0.05) is 54.6 Å². The van der Waals surface area contributed by atoms with E-state index in [-0.39, 0.29) is 24.0 Å². The summed E-state index contributed by atoms with van der Waals surface area (Å²) in [4.78, 5) is 30.4. The molecule has 0 spiro atoms. The quantitative estimate of drug-likeness (QED) is 0.299. The highest BCUT2D eigenvalue weighted by Crippen LogP contribution is 2.43. The van der Waals surface area contributed by atoms with Crippen LogP contribution in [-0.2, 0) is 23.4 Å². The Labute approximate surface area is 245 Å². The molecule has 1 fully saturated rings. The van der Waals surface area contributed by atoms with E-state index in [4.69, 9.17) is 14.5 Å². The van der Waals surface area contributed by atoms with Gasteiger partial charge in [0.15, 0.2) is 12.4 Å². The Morgan fingerprint density at radius 1 is 1.05 bits per heavy atom. The second-order valence-electron chi connectivity index (χ2n) is 11.8. The normalized spacial score (nSPS) is 15.5. The van der Waals surface area contributed by atoms with Gasteiger partial charge in [-0.3, -0.25) is 0 Å². The van der Waals surface area contributed by atoms with Gasteiger partial charge in [0.25, 0.3) is 0 Å². The minimum absolute atomic E-state index is 0.0583. The van der Waals surface area contributed by atoms with Crippen molar-refractivity contribution < 1.29 is 27.4 Å². The standard InChI is InChI=1S/C31H30F3N5O4/c1-29(2,3)43-27(40)36-30(14-7-15-30)21-12-10-20(11-13-21)25-22(19-8-5-4-6-9-19)16-23-26(35-25)42-17-24-37-38(18-31(32,33)34)28(41)39(23)24/h4-6,8-13,16H,7,14-15,17-18H2,1-3H3,(H,36,40). The van der Waals surface area contributed by atoms with Crippen LogP contribution in [0.5, 0.6) is 5.88 Å². The molecule has 224 valence electrons. The molecule has 0 unspecified atom stereocenters. The van der Waals surface area contributed by atoms with Crippen molar-refractivity contribution >= 4 is 6.09 Å². The lowest BCUT2D eigenvalue weighted by Gasteiger charge is -2.43. The maximum Gasteiger partial charge on any atom is 0.408 e. The molecule has 1 aliphatic heterocycles. The van der Waals surface area contributed by atoms with Crippen LogP contribution in [0.4, 0.5) is 18.0 Å². The Balaban J connectivity index is 1.40. The Bertz CT molecular complexity index is 1730. The molecule has 2 aliphatic rings. The number of halogens is 3. The average Bonchev–Trinajstić information content (AvgIpc) is 3.23. The molecular formula is C31H30F3N5O4. The Kier molecular flexibility index (Phi) is 6.82. The van der Waals surface area contributed by atoms with Crippen molar-refractivity contribution in [2.75, 3.05) is 0 Å². The number of nitrogens with one attached hydrogen (secondary N) is 1. The number of hydrogen-bond acceptors (Lipinski definition) is 6. The van der Waals surface area contributed by atoms with Crippen LogP contribution in [0.3, 0.4) is 0 Å². The van der Waals surface area contributed by atoms with Gasteiger partial charge < -0.3 is 14.8 Å². The van der Waals surface area contributed by atoms with E-state index in [9.17, 15) is 22.8 Å². The van der Waals surface area contributed by atoms with Crippen LogP contribution in [0.15, 0.2) is 65.5 Å². The molecule has 0 atom stereocenters. The van der Waals surface area contributed by atoms with E-state index in [1.807, 2.05) is 75.4 Å². The molecule has 1 amide bonds. The SMILES string of the molecule is CC(C)(C)OC(=O)NC1(c2ccc(-c3nc4c(cc3-c3ccccc3)-n3c(nn(CC(F)(F)F)c3=O)CO4)cc2)CCC1. The number of alkyl carbamates (subject to hydrolysis) is 1. The van der Waals surface area contributed by atoms with Gasteiger partial charge in [0.2, 0.25) is 5.88 Å². The van der Waals surface area contributed by atoms with Gasteiger partial charge in [-0.15, -0.1) is 0 Å². The molecular weight excluding hydrogens is 563 g/mol. The van der Waals surface area contributed by atoms with Gasteiger partial charge >= 0.3 is 18.0 Å². The summed E-state index contributed by atoms with van der Waals surface area (Å²) in [6.45, 7) is 3.75. The van der Waals surface area contributed by atoms with Gasteiger partial charge in [0, 0.05) is 11.1 Å². The van der Waals surface area contributed by atoms with E-state index in [0.717, 1.165) is 40.5 Å². The summed E-state index contributed by atoms with van der Waals surface area (Å²) < 4.78 is 52.1. The molecule has 1 saturated carbocycles.